The molecular formula is C14H20N4O. The molecule has 0 spiro atoms. The molecule has 102 valence electrons. The summed E-state index contributed by atoms with van der Waals surface area (Å²) in [7, 11) is 1.96. The van der Waals surface area contributed by atoms with E-state index in [1.54, 1.807) is 0 Å². The standard InChI is InChI=1S/C14H20N4O/c1-10-11(2)19-14(16-10)9-18-6-4-5-13(18)12-7-15-17(3)8-12/h7-8,13H,4-6,9H2,1-3H3. The highest BCUT2D eigenvalue weighted by atomic mass is 16.4. The first-order valence-electron chi connectivity index (χ1n) is 6.79. The first-order valence-corrected chi connectivity index (χ1v) is 6.79. The molecule has 19 heavy (non-hydrogen) atoms. The Morgan fingerprint density at radius 2 is 2.26 bits per heavy atom. The van der Waals surface area contributed by atoms with Crippen molar-refractivity contribution in [3.05, 3.63) is 35.3 Å². The Hall–Kier alpha value is -1.62. The van der Waals surface area contributed by atoms with Crippen LogP contribution in [0.2, 0.25) is 0 Å². The number of hydrogen-bond acceptors (Lipinski definition) is 4. The third-order valence-electron chi connectivity index (χ3n) is 3.88. The van der Waals surface area contributed by atoms with Crippen LogP contribution in [-0.2, 0) is 13.6 Å². The fourth-order valence-corrected chi connectivity index (χ4v) is 2.79. The van der Waals surface area contributed by atoms with E-state index in [1.807, 2.05) is 31.8 Å². The molecule has 1 aliphatic heterocycles. The summed E-state index contributed by atoms with van der Waals surface area (Å²) in [6, 6.07) is 0.446. The summed E-state index contributed by atoms with van der Waals surface area (Å²) in [6.45, 7) is 5.84. The Labute approximate surface area is 113 Å². The van der Waals surface area contributed by atoms with Crippen LogP contribution in [0.25, 0.3) is 0 Å². The molecule has 2 aromatic heterocycles. The average molecular weight is 260 g/mol. The number of aromatic nitrogens is 3. The molecule has 5 heteroatoms. The lowest BCUT2D eigenvalue weighted by Crippen LogP contribution is -2.22. The molecule has 5 nitrogen and oxygen atoms in total. The molecule has 3 rings (SSSR count). The van der Waals surface area contributed by atoms with Crippen molar-refractivity contribution >= 4 is 0 Å². The second kappa shape index (κ2) is 4.81. The number of nitrogens with zero attached hydrogens (tertiary/aromatic N) is 4. The van der Waals surface area contributed by atoms with Gasteiger partial charge in [0.25, 0.3) is 0 Å². The van der Waals surface area contributed by atoms with Gasteiger partial charge in [-0.2, -0.15) is 5.10 Å². The van der Waals surface area contributed by atoms with Crippen molar-refractivity contribution < 1.29 is 4.42 Å². The normalized spacial score (nSPS) is 20.3. The summed E-state index contributed by atoms with van der Waals surface area (Å²) in [5.41, 5.74) is 2.28. The molecule has 1 aliphatic rings. The number of likely N-dealkylation sites (tertiary alicyclic amines) is 1. The Balaban J connectivity index is 1.76. The van der Waals surface area contributed by atoms with Crippen LogP contribution < -0.4 is 0 Å². The van der Waals surface area contributed by atoms with Gasteiger partial charge in [0.2, 0.25) is 5.89 Å². The SMILES string of the molecule is Cc1nc(CN2CCCC2c2cnn(C)c2)oc1C. The molecule has 3 heterocycles. The van der Waals surface area contributed by atoms with Crippen LogP contribution in [0.5, 0.6) is 0 Å². The smallest absolute Gasteiger partial charge is 0.208 e. The summed E-state index contributed by atoms with van der Waals surface area (Å²) < 4.78 is 7.56. The summed E-state index contributed by atoms with van der Waals surface area (Å²) >= 11 is 0. The zero-order chi connectivity index (χ0) is 13.4. The number of rotatable bonds is 3. The monoisotopic (exact) mass is 260 g/mol. The van der Waals surface area contributed by atoms with Crippen LogP contribution >= 0.6 is 0 Å². The van der Waals surface area contributed by atoms with E-state index in [2.05, 4.69) is 21.2 Å². The second-order valence-corrected chi connectivity index (χ2v) is 5.33. The summed E-state index contributed by atoms with van der Waals surface area (Å²) in [6.07, 6.45) is 6.48. The van der Waals surface area contributed by atoms with Gasteiger partial charge in [-0.3, -0.25) is 9.58 Å². The first kappa shape index (κ1) is 12.4. The van der Waals surface area contributed by atoms with Crippen LogP contribution in [0, 0.1) is 13.8 Å². The Morgan fingerprint density at radius 3 is 2.89 bits per heavy atom. The third kappa shape index (κ3) is 2.42. The van der Waals surface area contributed by atoms with Crippen molar-refractivity contribution in [2.45, 2.75) is 39.3 Å². The Kier molecular flexibility index (Phi) is 3.14. The predicted octanol–water partition coefficient (Wildman–Crippen LogP) is 2.36. The first-order chi connectivity index (χ1) is 9.13. The molecule has 2 aromatic rings. The zero-order valence-corrected chi connectivity index (χ0v) is 11.8. The van der Waals surface area contributed by atoms with E-state index in [4.69, 9.17) is 4.42 Å². The van der Waals surface area contributed by atoms with Gasteiger partial charge >= 0.3 is 0 Å². The Bertz CT molecular complexity index is 552. The van der Waals surface area contributed by atoms with Crippen LogP contribution in [0.3, 0.4) is 0 Å². The number of aryl methyl sites for hydroxylation is 3. The van der Waals surface area contributed by atoms with Gasteiger partial charge in [0, 0.05) is 24.8 Å². The second-order valence-electron chi connectivity index (χ2n) is 5.33. The highest BCUT2D eigenvalue weighted by Gasteiger charge is 2.28. The summed E-state index contributed by atoms with van der Waals surface area (Å²) in [5.74, 6) is 1.75. The molecule has 0 radical (unpaired) electrons. The van der Waals surface area contributed by atoms with Crippen molar-refractivity contribution in [2.24, 2.45) is 7.05 Å². The van der Waals surface area contributed by atoms with E-state index in [1.165, 1.54) is 18.4 Å². The molecule has 0 bridgehead atoms. The zero-order valence-electron chi connectivity index (χ0n) is 11.8. The van der Waals surface area contributed by atoms with Gasteiger partial charge in [0.05, 0.1) is 18.4 Å². The van der Waals surface area contributed by atoms with E-state index in [-0.39, 0.29) is 0 Å². The fourth-order valence-electron chi connectivity index (χ4n) is 2.79. The maximum Gasteiger partial charge on any atom is 0.208 e. The van der Waals surface area contributed by atoms with E-state index in [0.717, 1.165) is 30.4 Å². The summed E-state index contributed by atoms with van der Waals surface area (Å²) in [5, 5.41) is 4.27. The minimum absolute atomic E-state index is 0.446. The van der Waals surface area contributed by atoms with Gasteiger partial charge in [-0.05, 0) is 33.2 Å². The van der Waals surface area contributed by atoms with Crippen LogP contribution in [0.1, 0.15) is 41.8 Å². The number of hydrogen-bond donors (Lipinski definition) is 0. The maximum atomic E-state index is 5.69. The largest absolute Gasteiger partial charge is 0.444 e. The molecule has 0 saturated carbocycles. The quantitative estimate of drug-likeness (QED) is 0.850. The van der Waals surface area contributed by atoms with Crippen LogP contribution in [0.15, 0.2) is 16.8 Å². The van der Waals surface area contributed by atoms with Crippen molar-refractivity contribution in [1.29, 1.82) is 0 Å². The van der Waals surface area contributed by atoms with Crippen molar-refractivity contribution in [2.75, 3.05) is 6.54 Å². The summed E-state index contributed by atoms with van der Waals surface area (Å²) in [4.78, 5) is 6.91. The van der Waals surface area contributed by atoms with Gasteiger partial charge in [-0.15, -0.1) is 0 Å². The van der Waals surface area contributed by atoms with Gasteiger partial charge < -0.3 is 4.42 Å². The molecule has 1 unspecified atom stereocenters. The van der Waals surface area contributed by atoms with Gasteiger partial charge in [-0.25, -0.2) is 4.98 Å². The molecule has 1 atom stereocenters. The van der Waals surface area contributed by atoms with Gasteiger partial charge in [0.1, 0.15) is 5.76 Å². The lowest BCUT2D eigenvalue weighted by molar-refractivity contribution is 0.222. The predicted molar refractivity (Wildman–Crippen MR) is 71.6 cm³/mol. The lowest BCUT2D eigenvalue weighted by atomic mass is 10.1. The molecule has 1 fully saturated rings. The molecule has 0 aliphatic carbocycles. The minimum Gasteiger partial charge on any atom is -0.444 e. The Morgan fingerprint density at radius 1 is 1.42 bits per heavy atom. The van der Waals surface area contributed by atoms with Gasteiger partial charge in [0.15, 0.2) is 0 Å². The molecule has 0 aromatic carbocycles. The molecule has 1 saturated heterocycles. The highest BCUT2D eigenvalue weighted by Crippen LogP contribution is 2.32. The van der Waals surface area contributed by atoms with E-state index >= 15 is 0 Å². The fraction of sp³-hybridized carbons (Fsp3) is 0.571. The van der Waals surface area contributed by atoms with Crippen molar-refractivity contribution in [3.8, 4) is 0 Å². The number of oxazole rings is 1. The van der Waals surface area contributed by atoms with Crippen molar-refractivity contribution in [1.82, 2.24) is 19.7 Å². The van der Waals surface area contributed by atoms with Gasteiger partial charge in [-0.1, -0.05) is 0 Å². The van der Waals surface area contributed by atoms with E-state index in [9.17, 15) is 0 Å². The average Bonchev–Trinajstić information content (AvgIpc) is 3.03. The van der Waals surface area contributed by atoms with Crippen molar-refractivity contribution in [3.63, 3.8) is 0 Å². The highest BCUT2D eigenvalue weighted by molar-refractivity contribution is 5.13. The van der Waals surface area contributed by atoms with Crippen LogP contribution in [-0.4, -0.2) is 26.2 Å². The molecule has 0 amide bonds. The molecular weight excluding hydrogens is 240 g/mol. The topological polar surface area (TPSA) is 47.1 Å². The van der Waals surface area contributed by atoms with Crippen LogP contribution in [0.4, 0.5) is 0 Å². The maximum absolute atomic E-state index is 5.69. The van der Waals surface area contributed by atoms with E-state index < -0.39 is 0 Å². The minimum atomic E-state index is 0.446. The molecule has 0 N–H and O–H groups in total. The van der Waals surface area contributed by atoms with E-state index in [0.29, 0.717) is 6.04 Å². The lowest BCUT2D eigenvalue weighted by Gasteiger charge is -2.21. The third-order valence-corrected chi connectivity index (χ3v) is 3.88.